The Labute approximate surface area is 126 Å². The lowest BCUT2D eigenvalue weighted by Crippen LogP contribution is -2.08. The molecule has 1 heterocycles. The van der Waals surface area contributed by atoms with Crippen LogP contribution in [0.1, 0.15) is 17.1 Å². The lowest BCUT2D eigenvalue weighted by molar-refractivity contribution is 0.998. The van der Waals surface area contributed by atoms with Gasteiger partial charge in [0.05, 0.1) is 18.0 Å². The van der Waals surface area contributed by atoms with Crippen molar-refractivity contribution in [3.63, 3.8) is 0 Å². The molecular weight excluding hydrogens is 318 g/mol. The second kappa shape index (κ2) is 5.88. The summed E-state index contributed by atoms with van der Waals surface area (Å²) in [5.41, 5.74) is 8.75. The van der Waals surface area contributed by atoms with Crippen molar-refractivity contribution >= 4 is 33.1 Å². The zero-order chi connectivity index (χ0) is 14.7. The van der Waals surface area contributed by atoms with E-state index in [1.165, 1.54) is 0 Å². The Morgan fingerprint density at radius 3 is 2.80 bits per heavy atom. The van der Waals surface area contributed by atoms with E-state index in [1.807, 2.05) is 26.0 Å². The van der Waals surface area contributed by atoms with Gasteiger partial charge in [0, 0.05) is 11.0 Å². The van der Waals surface area contributed by atoms with Gasteiger partial charge in [-0.15, -0.1) is 0 Å². The first-order chi connectivity index (χ1) is 9.51. The van der Waals surface area contributed by atoms with Gasteiger partial charge in [-0.05, 0) is 25.5 Å². The van der Waals surface area contributed by atoms with Crippen LogP contribution in [0.5, 0.6) is 0 Å². The lowest BCUT2D eigenvalue weighted by Gasteiger charge is -2.11. The molecule has 0 saturated heterocycles. The standard InChI is InChI=1S/C14H14BrN5/c1-8-13(16)14(20-9(2)19-8)18-7-10-4-5-11(15)6-12(10)17-3/h4-6H,7,16H2,1-2H3,(H,18,19,20). The summed E-state index contributed by atoms with van der Waals surface area (Å²) in [6.45, 7) is 11.4. The van der Waals surface area contributed by atoms with Crippen molar-refractivity contribution in [3.8, 4) is 0 Å². The highest BCUT2D eigenvalue weighted by molar-refractivity contribution is 9.10. The Kier molecular flexibility index (Phi) is 4.20. The van der Waals surface area contributed by atoms with Gasteiger partial charge in [-0.1, -0.05) is 28.1 Å². The highest BCUT2D eigenvalue weighted by Gasteiger charge is 2.08. The maximum atomic E-state index is 7.20. The number of benzene rings is 1. The molecule has 6 heteroatoms. The van der Waals surface area contributed by atoms with E-state index in [9.17, 15) is 0 Å². The molecule has 0 amide bonds. The van der Waals surface area contributed by atoms with E-state index >= 15 is 0 Å². The number of aryl methyl sites for hydroxylation is 2. The molecule has 0 fully saturated rings. The van der Waals surface area contributed by atoms with Crippen molar-refractivity contribution in [1.82, 2.24) is 9.97 Å². The van der Waals surface area contributed by atoms with Gasteiger partial charge in [0.2, 0.25) is 0 Å². The second-order valence-corrected chi connectivity index (χ2v) is 5.27. The van der Waals surface area contributed by atoms with Crippen LogP contribution in [0.2, 0.25) is 0 Å². The molecule has 102 valence electrons. The summed E-state index contributed by atoms with van der Waals surface area (Å²) in [6, 6.07) is 5.61. The number of hydrogen-bond acceptors (Lipinski definition) is 4. The van der Waals surface area contributed by atoms with E-state index in [-0.39, 0.29) is 0 Å². The molecule has 2 rings (SSSR count). The molecule has 0 aliphatic heterocycles. The fraction of sp³-hybridized carbons (Fsp3) is 0.214. The zero-order valence-corrected chi connectivity index (χ0v) is 12.8. The molecule has 0 radical (unpaired) electrons. The molecule has 1 aromatic heterocycles. The van der Waals surface area contributed by atoms with Crippen LogP contribution in [0.3, 0.4) is 0 Å². The quantitative estimate of drug-likeness (QED) is 0.843. The third-order valence-electron chi connectivity index (χ3n) is 2.86. The summed E-state index contributed by atoms with van der Waals surface area (Å²) < 4.78 is 0.889. The molecule has 5 nitrogen and oxygen atoms in total. The van der Waals surface area contributed by atoms with Crippen LogP contribution < -0.4 is 11.1 Å². The number of hydrogen-bond donors (Lipinski definition) is 2. The van der Waals surface area contributed by atoms with Crippen molar-refractivity contribution in [2.75, 3.05) is 11.1 Å². The topological polar surface area (TPSA) is 68.2 Å². The molecule has 0 bridgehead atoms. The lowest BCUT2D eigenvalue weighted by atomic mass is 10.2. The smallest absolute Gasteiger partial charge is 0.193 e. The third kappa shape index (κ3) is 3.06. The van der Waals surface area contributed by atoms with Crippen molar-refractivity contribution < 1.29 is 0 Å². The Bertz CT molecular complexity index is 691. The SMILES string of the molecule is [C-]#[N+]c1cc(Br)ccc1CNc1nc(C)nc(C)c1N. The minimum Gasteiger partial charge on any atom is -0.394 e. The largest absolute Gasteiger partial charge is 0.394 e. The highest BCUT2D eigenvalue weighted by atomic mass is 79.9. The summed E-state index contributed by atoms with van der Waals surface area (Å²) >= 11 is 3.36. The molecule has 0 aliphatic carbocycles. The predicted octanol–water partition coefficient (Wildman–Crippen LogP) is 3.60. The fourth-order valence-electron chi connectivity index (χ4n) is 1.83. The first-order valence-electron chi connectivity index (χ1n) is 6.01. The van der Waals surface area contributed by atoms with Gasteiger partial charge in [-0.25, -0.2) is 14.8 Å². The van der Waals surface area contributed by atoms with Gasteiger partial charge in [-0.2, -0.15) is 0 Å². The van der Waals surface area contributed by atoms with Crippen LogP contribution in [-0.4, -0.2) is 9.97 Å². The Hall–Kier alpha value is -2.13. The Morgan fingerprint density at radius 1 is 1.35 bits per heavy atom. The van der Waals surface area contributed by atoms with Gasteiger partial charge in [0.25, 0.3) is 0 Å². The van der Waals surface area contributed by atoms with Crippen LogP contribution in [0, 0.1) is 20.4 Å². The molecule has 0 aliphatic rings. The highest BCUT2D eigenvalue weighted by Crippen LogP contribution is 2.26. The van der Waals surface area contributed by atoms with Gasteiger partial charge in [0.1, 0.15) is 5.82 Å². The summed E-state index contributed by atoms with van der Waals surface area (Å²) in [4.78, 5) is 12.0. The fourth-order valence-corrected chi connectivity index (χ4v) is 2.17. The zero-order valence-electron chi connectivity index (χ0n) is 11.2. The molecule has 0 saturated carbocycles. The maximum Gasteiger partial charge on any atom is 0.193 e. The summed E-state index contributed by atoms with van der Waals surface area (Å²) in [5.74, 6) is 1.27. The molecular formula is C14H14BrN5. The van der Waals surface area contributed by atoms with Crippen LogP contribution in [0.25, 0.3) is 4.85 Å². The normalized spacial score (nSPS) is 10.1. The maximum absolute atomic E-state index is 7.20. The number of nitrogens with one attached hydrogen (secondary N) is 1. The minimum atomic E-state index is 0.491. The average Bonchev–Trinajstić information content (AvgIpc) is 2.42. The molecule has 2 aromatic rings. The van der Waals surface area contributed by atoms with Crippen molar-refractivity contribution in [2.24, 2.45) is 0 Å². The average molecular weight is 332 g/mol. The Morgan fingerprint density at radius 2 is 2.10 bits per heavy atom. The second-order valence-electron chi connectivity index (χ2n) is 4.36. The number of nitrogens with two attached hydrogens (primary N) is 1. The van der Waals surface area contributed by atoms with Crippen LogP contribution >= 0.6 is 15.9 Å². The first-order valence-corrected chi connectivity index (χ1v) is 6.81. The van der Waals surface area contributed by atoms with Gasteiger partial charge < -0.3 is 11.1 Å². The van der Waals surface area contributed by atoms with Crippen LogP contribution in [0.4, 0.5) is 17.2 Å². The van der Waals surface area contributed by atoms with E-state index in [2.05, 4.69) is 36.1 Å². The molecule has 20 heavy (non-hydrogen) atoms. The van der Waals surface area contributed by atoms with Crippen LogP contribution in [-0.2, 0) is 6.54 Å². The van der Waals surface area contributed by atoms with E-state index < -0.39 is 0 Å². The summed E-state index contributed by atoms with van der Waals surface area (Å²) in [6.07, 6.45) is 0. The Balaban J connectivity index is 2.24. The first kappa shape index (κ1) is 14.3. The molecule has 3 N–H and O–H groups in total. The monoisotopic (exact) mass is 331 g/mol. The number of anilines is 2. The van der Waals surface area contributed by atoms with Gasteiger partial charge in [-0.3, -0.25) is 0 Å². The van der Waals surface area contributed by atoms with Crippen molar-refractivity contribution in [2.45, 2.75) is 20.4 Å². The van der Waals surface area contributed by atoms with E-state index in [1.54, 1.807) is 6.07 Å². The summed E-state index contributed by atoms with van der Waals surface area (Å²) in [7, 11) is 0. The number of nitrogens with zero attached hydrogens (tertiary/aromatic N) is 3. The molecule has 0 unspecified atom stereocenters. The van der Waals surface area contributed by atoms with Gasteiger partial charge >= 0.3 is 0 Å². The minimum absolute atomic E-state index is 0.491. The van der Waals surface area contributed by atoms with Crippen molar-refractivity contribution in [3.05, 3.63) is 51.2 Å². The number of aromatic nitrogens is 2. The van der Waals surface area contributed by atoms with Crippen LogP contribution in [0.15, 0.2) is 22.7 Å². The van der Waals surface area contributed by atoms with E-state index in [0.29, 0.717) is 29.6 Å². The number of rotatable bonds is 3. The number of nitrogen functional groups attached to an aromatic ring is 1. The summed E-state index contributed by atoms with van der Waals surface area (Å²) in [5, 5.41) is 3.17. The molecule has 1 aromatic carbocycles. The van der Waals surface area contributed by atoms with E-state index in [4.69, 9.17) is 12.3 Å². The van der Waals surface area contributed by atoms with Gasteiger partial charge in [0.15, 0.2) is 11.5 Å². The number of halogens is 1. The third-order valence-corrected chi connectivity index (χ3v) is 3.36. The van der Waals surface area contributed by atoms with Crippen molar-refractivity contribution in [1.29, 1.82) is 0 Å². The predicted molar refractivity (Wildman–Crippen MR) is 83.6 cm³/mol. The van der Waals surface area contributed by atoms with E-state index in [0.717, 1.165) is 15.7 Å². The molecule has 0 spiro atoms. The molecule has 0 atom stereocenters.